The second-order valence-electron chi connectivity index (χ2n) is 11.3. The number of aromatic nitrogens is 2. The van der Waals surface area contributed by atoms with Crippen molar-refractivity contribution in [1.82, 2.24) is 9.97 Å². The Morgan fingerprint density at radius 2 is 1.77 bits per heavy atom. The number of rotatable bonds is 7. The van der Waals surface area contributed by atoms with Gasteiger partial charge in [-0.05, 0) is 80.4 Å². The number of halogens is 1. The van der Waals surface area contributed by atoms with Crippen LogP contribution in [0.4, 0.5) is 0 Å². The molecule has 8 nitrogen and oxygen atoms in total. The minimum Gasteiger partial charge on any atom is -0.479 e. The van der Waals surface area contributed by atoms with Gasteiger partial charge in [0.05, 0.1) is 27.2 Å². The average molecular weight is 610 g/mol. The van der Waals surface area contributed by atoms with Gasteiger partial charge < -0.3 is 9.84 Å². The third kappa shape index (κ3) is 5.97. The number of thiazole rings is 1. The molecule has 2 aromatic heterocycles. The van der Waals surface area contributed by atoms with Gasteiger partial charge in [-0.1, -0.05) is 41.9 Å². The number of hydrogen-bond donors (Lipinski definition) is 1. The Bertz CT molecular complexity index is 1930. The van der Waals surface area contributed by atoms with Gasteiger partial charge in [-0.15, -0.1) is 16.4 Å². The van der Waals surface area contributed by atoms with Crippen LogP contribution in [0, 0.1) is 6.92 Å². The van der Waals surface area contributed by atoms with E-state index in [1.54, 1.807) is 18.3 Å². The van der Waals surface area contributed by atoms with Crippen molar-refractivity contribution < 1.29 is 14.6 Å². The molecule has 0 bridgehead atoms. The third-order valence-electron chi connectivity index (χ3n) is 6.97. The van der Waals surface area contributed by atoms with Gasteiger partial charge in [-0.2, -0.15) is 5.11 Å². The standard InChI is InChI=1S/C33H28ClN5O3S/c1-18-14-25-30(28(19-8-10-23(34)11-9-19)27(18)29(32(40)41)42-33(2,3)4)43-31(37-25)22-12-13-35-24(16-22)20-6-5-7-21(15-20)26-17-36-39-38-26/h5-16,29H,17H2,1-4H3,(H,40,41)/t29-/m0/s1. The second kappa shape index (κ2) is 11.4. The lowest BCUT2D eigenvalue weighted by atomic mass is 9.91. The minimum atomic E-state index is -1.18. The van der Waals surface area contributed by atoms with Crippen LogP contribution in [0.2, 0.25) is 5.02 Å². The van der Waals surface area contributed by atoms with Crippen molar-refractivity contribution in [2.24, 2.45) is 15.4 Å². The maximum absolute atomic E-state index is 12.6. The molecule has 216 valence electrons. The van der Waals surface area contributed by atoms with Crippen LogP contribution >= 0.6 is 22.9 Å². The topological polar surface area (TPSA) is 109 Å². The van der Waals surface area contributed by atoms with E-state index in [1.165, 1.54) is 11.3 Å². The lowest BCUT2D eigenvalue weighted by Gasteiger charge is -2.28. The van der Waals surface area contributed by atoms with Crippen LogP contribution in [0.25, 0.3) is 43.2 Å². The van der Waals surface area contributed by atoms with Crippen molar-refractivity contribution in [3.05, 3.63) is 94.6 Å². The molecule has 0 fully saturated rings. The number of aryl methyl sites for hydroxylation is 1. The summed E-state index contributed by atoms with van der Waals surface area (Å²) < 4.78 is 7.00. The molecule has 0 amide bonds. The van der Waals surface area contributed by atoms with Crippen LogP contribution in [0.15, 0.2) is 88.4 Å². The van der Waals surface area contributed by atoms with Crippen molar-refractivity contribution in [1.29, 1.82) is 0 Å². The molecule has 0 unspecified atom stereocenters. The Kier molecular flexibility index (Phi) is 7.64. The summed E-state index contributed by atoms with van der Waals surface area (Å²) in [6, 6.07) is 21.3. The maximum atomic E-state index is 12.6. The van der Waals surface area contributed by atoms with Gasteiger partial charge in [0.2, 0.25) is 0 Å². The molecule has 0 aliphatic carbocycles. The molecule has 0 saturated carbocycles. The summed E-state index contributed by atoms with van der Waals surface area (Å²) in [4.78, 5) is 22.3. The normalized spacial score (nSPS) is 13.8. The van der Waals surface area contributed by atoms with Crippen molar-refractivity contribution in [2.45, 2.75) is 39.4 Å². The zero-order valence-corrected chi connectivity index (χ0v) is 25.6. The summed E-state index contributed by atoms with van der Waals surface area (Å²) in [5.41, 5.74) is 7.52. The second-order valence-corrected chi connectivity index (χ2v) is 12.7. The highest BCUT2D eigenvalue weighted by Crippen LogP contribution is 2.44. The molecule has 0 spiro atoms. The van der Waals surface area contributed by atoms with E-state index in [9.17, 15) is 9.90 Å². The Morgan fingerprint density at radius 3 is 2.47 bits per heavy atom. The van der Waals surface area contributed by atoms with E-state index in [0.29, 0.717) is 17.1 Å². The van der Waals surface area contributed by atoms with Crippen molar-refractivity contribution in [3.63, 3.8) is 0 Å². The zero-order chi connectivity index (χ0) is 30.3. The van der Waals surface area contributed by atoms with Crippen molar-refractivity contribution in [2.75, 3.05) is 6.54 Å². The molecule has 1 atom stereocenters. The lowest BCUT2D eigenvalue weighted by molar-refractivity contribution is -0.160. The first kappa shape index (κ1) is 28.8. The SMILES string of the molecule is Cc1cc2nc(-c3ccnc(-c4cccc(C5=NN=NC5)c4)c3)sc2c(-c2ccc(Cl)cc2)c1[C@H](OC(C)(C)C)C(=O)O. The predicted molar refractivity (Wildman–Crippen MR) is 171 cm³/mol. The summed E-state index contributed by atoms with van der Waals surface area (Å²) in [6.07, 6.45) is 0.598. The van der Waals surface area contributed by atoms with E-state index in [2.05, 4.69) is 20.4 Å². The van der Waals surface area contributed by atoms with Gasteiger partial charge in [0.15, 0.2) is 6.10 Å². The highest BCUT2D eigenvalue weighted by Gasteiger charge is 2.32. The van der Waals surface area contributed by atoms with E-state index in [1.807, 2.05) is 82.3 Å². The Morgan fingerprint density at radius 1 is 1.00 bits per heavy atom. The van der Waals surface area contributed by atoms with E-state index in [-0.39, 0.29) is 0 Å². The third-order valence-corrected chi connectivity index (χ3v) is 8.36. The average Bonchev–Trinajstić information content (AvgIpc) is 3.66. The molecule has 5 aromatic rings. The molecular formula is C33H28ClN5O3S. The number of nitrogens with zero attached hydrogens (tertiary/aromatic N) is 5. The smallest absolute Gasteiger partial charge is 0.337 e. The summed E-state index contributed by atoms with van der Waals surface area (Å²) >= 11 is 7.74. The Balaban J connectivity index is 1.50. The number of fused-ring (bicyclic) bond motifs is 1. The minimum absolute atomic E-state index is 0.462. The monoisotopic (exact) mass is 609 g/mol. The summed E-state index contributed by atoms with van der Waals surface area (Å²) in [5.74, 6) is -1.05. The predicted octanol–water partition coefficient (Wildman–Crippen LogP) is 8.76. The zero-order valence-electron chi connectivity index (χ0n) is 24.0. The fourth-order valence-corrected chi connectivity index (χ4v) is 6.35. The summed E-state index contributed by atoms with van der Waals surface area (Å²) in [5, 5.41) is 23.5. The molecule has 0 saturated heterocycles. The van der Waals surface area contributed by atoms with Gasteiger partial charge >= 0.3 is 5.97 Å². The van der Waals surface area contributed by atoms with Crippen molar-refractivity contribution in [3.8, 4) is 33.0 Å². The highest BCUT2D eigenvalue weighted by atomic mass is 35.5. The number of hydrogen-bond acceptors (Lipinski definition) is 8. The van der Waals surface area contributed by atoms with E-state index in [4.69, 9.17) is 21.3 Å². The number of carboxylic acid groups (broad SMARTS) is 1. The number of benzene rings is 3. The first-order valence-corrected chi connectivity index (χ1v) is 14.9. The fraction of sp³-hybridized carbons (Fsp3) is 0.212. The van der Waals surface area contributed by atoms with Crippen LogP contribution in [-0.2, 0) is 9.53 Å². The van der Waals surface area contributed by atoms with E-state index in [0.717, 1.165) is 60.0 Å². The largest absolute Gasteiger partial charge is 0.479 e. The van der Waals surface area contributed by atoms with Crippen LogP contribution in [-0.4, -0.2) is 38.9 Å². The number of carboxylic acids is 1. The van der Waals surface area contributed by atoms with E-state index < -0.39 is 17.7 Å². The molecule has 1 aliphatic rings. The van der Waals surface area contributed by atoms with Crippen LogP contribution in [0.1, 0.15) is 43.6 Å². The Labute approximate surface area is 257 Å². The van der Waals surface area contributed by atoms with Crippen LogP contribution in [0.5, 0.6) is 0 Å². The summed E-state index contributed by atoms with van der Waals surface area (Å²) in [7, 11) is 0. The number of carbonyl (C=O) groups is 1. The molecule has 6 rings (SSSR count). The number of pyridine rings is 1. The van der Waals surface area contributed by atoms with Gasteiger partial charge in [-0.3, -0.25) is 4.98 Å². The quantitative estimate of drug-likeness (QED) is 0.198. The van der Waals surface area contributed by atoms with Gasteiger partial charge in [-0.25, -0.2) is 9.78 Å². The molecule has 0 radical (unpaired) electrons. The molecule has 3 aromatic carbocycles. The van der Waals surface area contributed by atoms with Crippen LogP contribution in [0.3, 0.4) is 0 Å². The molecule has 3 heterocycles. The number of ether oxygens (including phenoxy) is 1. The van der Waals surface area contributed by atoms with Gasteiger partial charge in [0.1, 0.15) is 11.6 Å². The maximum Gasteiger partial charge on any atom is 0.337 e. The Hall–Kier alpha value is -4.31. The van der Waals surface area contributed by atoms with Crippen molar-refractivity contribution >= 4 is 44.8 Å². The summed E-state index contributed by atoms with van der Waals surface area (Å²) in [6.45, 7) is 7.93. The first-order valence-electron chi connectivity index (χ1n) is 13.7. The lowest BCUT2D eigenvalue weighted by Crippen LogP contribution is -2.28. The van der Waals surface area contributed by atoms with E-state index >= 15 is 0 Å². The molecular weight excluding hydrogens is 582 g/mol. The molecule has 1 aliphatic heterocycles. The first-order chi connectivity index (χ1) is 20.6. The molecule has 10 heteroatoms. The molecule has 43 heavy (non-hydrogen) atoms. The van der Waals surface area contributed by atoms with Crippen LogP contribution < -0.4 is 0 Å². The molecule has 1 N–H and O–H groups in total. The van der Waals surface area contributed by atoms with Gasteiger partial charge in [0.25, 0.3) is 0 Å². The van der Waals surface area contributed by atoms with Gasteiger partial charge in [0, 0.05) is 39.0 Å². The fourth-order valence-electron chi connectivity index (χ4n) is 5.11. The highest BCUT2D eigenvalue weighted by molar-refractivity contribution is 7.22. The number of aliphatic carboxylic acids is 1.